The van der Waals surface area contributed by atoms with Gasteiger partial charge < -0.3 is 14.6 Å². The van der Waals surface area contributed by atoms with Gasteiger partial charge in [-0.1, -0.05) is 20.3 Å². The molecule has 1 saturated carbocycles. The highest BCUT2D eigenvalue weighted by Gasteiger charge is 2.37. The van der Waals surface area contributed by atoms with Gasteiger partial charge in [-0.3, -0.25) is 9.69 Å². The summed E-state index contributed by atoms with van der Waals surface area (Å²) in [6.45, 7) is 8.88. The van der Waals surface area contributed by atoms with Crippen molar-refractivity contribution in [2.75, 3.05) is 26.8 Å². The molecule has 6 heteroatoms. The quantitative estimate of drug-likeness (QED) is 0.779. The lowest BCUT2D eigenvalue weighted by atomic mass is 9.84. The lowest BCUT2D eigenvalue weighted by Gasteiger charge is -2.29. The van der Waals surface area contributed by atoms with Crippen LogP contribution in [-0.2, 0) is 22.6 Å². The lowest BCUT2D eigenvalue weighted by Crippen LogP contribution is -2.45. The van der Waals surface area contributed by atoms with E-state index in [9.17, 15) is 4.79 Å². The summed E-state index contributed by atoms with van der Waals surface area (Å²) in [6.07, 6.45) is 7.15. The van der Waals surface area contributed by atoms with Gasteiger partial charge in [0.2, 0.25) is 5.91 Å². The number of nitrogens with one attached hydrogen (secondary N) is 1. The second-order valence-electron chi connectivity index (χ2n) is 7.92. The first-order valence-corrected chi connectivity index (χ1v) is 9.59. The molecule has 1 amide bonds. The smallest absolute Gasteiger partial charge is 0.223 e. The average molecular weight is 348 g/mol. The number of rotatable bonds is 8. The Morgan fingerprint density at radius 2 is 2.20 bits per heavy atom. The van der Waals surface area contributed by atoms with Crippen LogP contribution in [0.3, 0.4) is 0 Å². The van der Waals surface area contributed by atoms with E-state index >= 15 is 0 Å². The van der Waals surface area contributed by atoms with Crippen LogP contribution in [0.1, 0.15) is 38.8 Å². The summed E-state index contributed by atoms with van der Waals surface area (Å²) in [4.78, 5) is 19.1. The van der Waals surface area contributed by atoms with Crippen LogP contribution < -0.4 is 5.32 Å². The van der Waals surface area contributed by atoms with Gasteiger partial charge in [0.15, 0.2) is 0 Å². The highest BCUT2D eigenvalue weighted by molar-refractivity contribution is 5.79. The fourth-order valence-corrected chi connectivity index (χ4v) is 3.94. The predicted molar refractivity (Wildman–Crippen MR) is 97.0 cm³/mol. The van der Waals surface area contributed by atoms with Gasteiger partial charge in [-0.2, -0.15) is 0 Å². The second kappa shape index (κ2) is 8.32. The average Bonchev–Trinajstić information content (AvgIpc) is 3.10. The number of hydrogen-bond donors (Lipinski definition) is 1. The zero-order valence-corrected chi connectivity index (χ0v) is 15.8. The number of likely N-dealkylation sites (tertiary alicyclic amines) is 1. The number of nitrogens with zero attached hydrogens (tertiary/aromatic N) is 3. The van der Waals surface area contributed by atoms with E-state index in [4.69, 9.17) is 4.74 Å². The summed E-state index contributed by atoms with van der Waals surface area (Å²) >= 11 is 0. The van der Waals surface area contributed by atoms with E-state index in [1.165, 1.54) is 12.1 Å². The molecule has 1 saturated heterocycles. The number of aromatic nitrogens is 2. The van der Waals surface area contributed by atoms with Crippen molar-refractivity contribution in [3.05, 3.63) is 18.2 Å². The third-order valence-corrected chi connectivity index (χ3v) is 5.82. The molecule has 2 heterocycles. The van der Waals surface area contributed by atoms with Crippen molar-refractivity contribution in [3.63, 3.8) is 0 Å². The van der Waals surface area contributed by atoms with E-state index in [1.54, 1.807) is 7.11 Å². The van der Waals surface area contributed by atoms with Crippen molar-refractivity contribution in [2.24, 2.45) is 17.8 Å². The molecule has 6 nitrogen and oxygen atoms in total. The number of methoxy groups -OCH3 is 1. The molecular formula is C19H32N4O2. The summed E-state index contributed by atoms with van der Waals surface area (Å²) in [5, 5.41) is 3.35. The summed E-state index contributed by atoms with van der Waals surface area (Å²) in [6, 6.07) is 0.267. The van der Waals surface area contributed by atoms with Gasteiger partial charge in [0.25, 0.3) is 0 Å². The number of amides is 1. The van der Waals surface area contributed by atoms with E-state index in [-0.39, 0.29) is 17.9 Å². The van der Waals surface area contributed by atoms with Gasteiger partial charge in [0, 0.05) is 51.4 Å². The Morgan fingerprint density at radius 3 is 2.84 bits per heavy atom. The second-order valence-corrected chi connectivity index (χ2v) is 7.92. The lowest BCUT2D eigenvalue weighted by molar-refractivity contribution is -0.128. The van der Waals surface area contributed by atoms with Gasteiger partial charge in [-0.25, -0.2) is 4.98 Å². The molecule has 1 aliphatic heterocycles. The Kier molecular flexibility index (Phi) is 6.12. The fraction of sp³-hybridized carbons (Fsp3) is 0.789. The van der Waals surface area contributed by atoms with Crippen molar-refractivity contribution in [1.29, 1.82) is 0 Å². The maximum Gasteiger partial charge on any atom is 0.223 e. The molecule has 0 spiro atoms. The van der Waals surface area contributed by atoms with Crippen LogP contribution in [0.4, 0.5) is 0 Å². The van der Waals surface area contributed by atoms with Crippen molar-refractivity contribution in [2.45, 2.75) is 52.2 Å². The topological polar surface area (TPSA) is 59.4 Å². The number of carbonyl (C=O) groups excluding carboxylic acids is 1. The highest BCUT2D eigenvalue weighted by Crippen LogP contribution is 2.29. The summed E-state index contributed by atoms with van der Waals surface area (Å²) < 4.78 is 7.34. The number of imidazole rings is 1. The first-order chi connectivity index (χ1) is 12.1. The first kappa shape index (κ1) is 18.4. The summed E-state index contributed by atoms with van der Waals surface area (Å²) in [5.74, 6) is 1.61. The van der Waals surface area contributed by atoms with Gasteiger partial charge >= 0.3 is 0 Å². The summed E-state index contributed by atoms with van der Waals surface area (Å²) in [7, 11) is 1.72. The molecule has 1 N–H and O–H groups in total. The summed E-state index contributed by atoms with van der Waals surface area (Å²) in [5.41, 5.74) is 1.21. The molecule has 2 fully saturated rings. The first-order valence-electron chi connectivity index (χ1n) is 9.59. The van der Waals surface area contributed by atoms with Crippen LogP contribution in [0.25, 0.3) is 0 Å². The molecule has 1 aromatic rings. The zero-order valence-electron chi connectivity index (χ0n) is 15.8. The largest absolute Gasteiger partial charge is 0.383 e. The van der Waals surface area contributed by atoms with Gasteiger partial charge in [-0.15, -0.1) is 0 Å². The molecule has 0 aromatic carbocycles. The fourth-order valence-electron chi connectivity index (χ4n) is 3.94. The minimum absolute atomic E-state index is 0.261. The molecule has 0 bridgehead atoms. The van der Waals surface area contributed by atoms with Crippen LogP contribution in [0, 0.1) is 17.8 Å². The molecule has 0 radical (unpaired) electrons. The van der Waals surface area contributed by atoms with Gasteiger partial charge in [-0.05, 0) is 24.7 Å². The van der Waals surface area contributed by atoms with Crippen LogP contribution in [0.2, 0.25) is 0 Å². The Morgan fingerprint density at radius 1 is 1.40 bits per heavy atom. The maximum absolute atomic E-state index is 12.4. The van der Waals surface area contributed by atoms with Crippen molar-refractivity contribution < 1.29 is 9.53 Å². The van der Waals surface area contributed by atoms with Crippen LogP contribution in [-0.4, -0.2) is 53.2 Å². The number of hydrogen-bond acceptors (Lipinski definition) is 4. The van der Waals surface area contributed by atoms with Crippen molar-refractivity contribution in [3.8, 4) is 0 Å². The molecule has 1 aliphatic carbocycles. The molecule has 1 aromatic heterocycles. The van der Waals surface area contributed by atoms with E-state index < -0.39 is 0 Å². The third-order valence-electron chi connectivity index (χ3n) is 5.82. The van der Waals surface area contributed by atoms with E-state index in [2.05, 4.69) is 33.6 Å². The molecule has 3 rings (SSSR count). The number of ether oxygens (including phenoxy) is 1. The van der Waals surface area contributed by atoms with Crippen LogP contribution in [0.15, 0.2) is 12.5 Å². The monoisotopic (exact) mass is 348 g/mol. The minimum Gasteiger partial charge on any atom is -0.383 e. The Balaban J connectivity index is 1.59. The van der Waals surface area contributed by atoms with Crippen molar-refractivity contribution in [1.82, 2.24) is 19.8 Å². The highest BCUT2D eigenvalue weighted by atomic mass is 16.5. The Labute approximate surface area is 150 Å². The van der Waals surface area contributed by atoms with Crippen LogP contribution in [0.5, 0.6) is 0 Å². The normalized spacial score (nSPS) is 24.6. The molecule has 2 atom stereocenters. The molecule has 0 unspecified atom stereocenters. The SMILES string of the molecule is COCCn1cncc1CN1C[C@@H](NC(=O)C2CCC2)[C@H](C(C)C)C1. The molecule has 25 heavy (non-hydrogen) atoms. The van der Waals surface area contributed by atoms with Crippen LogP contribution >= 0.6 is 0 Å². The van der Waals surface area contributed by atoms with E-state index in [0.717, 1.165) is 39.0 Å². The molecular weight excluding hydrogens is 316 g/mol. The molecule has 2 aliphatic rings. The minimum atomic E-state index is 0.261. The predicted octanol–water partition coefficient (Wildman–Crippen LogP) is 1.90. The zero-order chi connectivity index (χ0) is 17.8. The van der Waals surface area contributed by atoms with Gasteiger partial charge in [0.05, 0.1) is 18.6 Å². The third kappa shape index (κ3) is 4.42. The van der Waals surface area contributed by atoms with Gasteiger partial charge in [0.1, 0.15) is 0 Å². The number of carbonyl (C=O) groups is 1. The maximum atomic E-state index is 12.4. The Bertz CT molecular complexity index is 568. The standard InChI is InChI=1S/C19H32N4O2/c1-14(2)17-11-22(10-16-9-20-13-23(16)7-8-25-3)12-18(17)21-19(24)15-5-4-6-15/h9,13-15,17-18H,4-8,10-12H2,1-3H3,(H,21,24)/t17-,18+/m0/s1. The Hall–Kier alpha value is -1.40. The van der Waals surface area contributed by atoms with E-state index in [0.29, 0.717) is 18.4 Å². The molecule has 140 valence electrons. The van der Waals surface area contributed by atoms with Crippen molar-refractivity contribution >= 4 is 5.91 Å². The van der Waals surface area contributed by atoms with E-state index in [1.807, 2.05) is 12.5 Å².